The molecule has 1 aliphatic heterocycles. The Labute approximate surface area is 183 Å². The normalized spacial score (nSPS) is 15.8. The predicted octanol–water partition coefficient (Wildman–Crippen LogP) is 4.99. The van der Waals surface area contributed by atoms with Gasteiger partial charge in [-0.3, -0.25) is 4.79 Å². The van der Waals surface area contributed by atoms with Crippen LogP contribution in [0, 0.1) is 5.82 Å². The molecule has 2 N–H and O–H groups in total. The fraction of sp³-hybridized carbons (Fsp3) is 0.423. The van der Waals surface area contributed by atoms with Gasteiger partial charge in [-0.05, 0) is 61.2 Å². The molecule has 0 radical (unpaired) electrons. The molecule has 4 rings (SSSR count). The van der Waals surface area contributed by atoms with Crippen LogP contribution in [-0.4, -0.2) is 42.0 Å². The Hall–Kier alpha value is -2.66. The van der Waals surface area contributed by atoms with E-state index in [1.807, 2.05) is 12.3 Å². The van der Waals surface area contributed by atoms with Gasteiger partial charge < -0.3 is 15.2 Å². The summed E-state index contributed by atoms with van der Waals surface area (Å²) in [6.45, 7) is 5.93. The molecule has 1 fully saturated rings. The number of nitrogens with one attached hydrogen (secondary N) is 2. The molecule has 3 aromatic rings. The van der Waals surface area contributed by atoms with Crippen LogP contribution >= 0.6 is 0 Å². The number of fused-ring (bicyclic) bond motifs is 1. The third kappa shape index (κ3) is 5.16. The standard InChI is InChI=1S/C26H32FN3O/c1-2-19-8-7-11-22-24(18-29-26(19)22)23(20-9-6-10-21(27)16-20)17-25(31)28-12-15-30-13-4-3-5-14-30/h6-11,16,18,23,29H,2-5,12-15,17H2,1H3,(H,28,31). The number of likely N-dealkylation sites (tertiary alicyclic amines) is 1. The predicted molar refractivity (Wildman–Crippen MR) is 124 cm³/mol. The summed E-state index contributed by atoms with van der Waals surface area (Å²) >= 11 is 0. The molecule has 0 bridgehead atoms. The smallest absolute Gasteiger partial charge is 0.220 e. The number of aryl methyl sites for hydroxylation is 1. The van der Waals surface area contributed by atoms with Crippen LogP contribution in [0.5, 0.6) is 0 Å². The summed E-state index contributed by atoms with van der Waals surface area (Å²) < 4.78 is 14.0. The van der Waals surface area contributed by atoms with Crippen molar-refractivity contribution >= 4 is 16.8 Å². The van der Waals surface area contributed by atoms with Crippen LogP contribution in [-0.2, 0) is 11.2 Å². The van der Waals surface area contributed by atoms with E-state index in [1.165, 1.54) is 30.9 Å². The zero-order valence-corrected chi connectivity index (χ0v) is 18.3. The molecule has 164 valence electrons. The first kappa shape index (κ1) is 21.6. The monoisotopic (exact) mass is 421 g/mol. The maximum absolute atomic E-state index is 14.0. The highest BCUT2D eigenvalue weighted by atomic mass is 19.1. The van der Waals surface area contributed by atoms with E-state index in [0.29, 0.717) is 13.0 Å². The van der Waals surface area contributed by atoms with Gasteiger partial charge in [-0.1, -0.05) is 43.7 Å². The molecule has 1 unspecified atom stereocenters. The second-order valence-electron chi connectivity index (χ2n) is 8.50. The minimum Gasteiger partial charge on any atom is -0.361 e. The summed E-state index contributed by atoms with van der Waals surface area (Å²) in [7, 11) is 0. The highest BCUT2D eigenvalue weighted by Gasteiger charge is 2.22. The number of carbonyl (C=O) groups is 1. The molecule has 0 spiro atoms. The largest absolute Gasteiger partial charge is 0.361 e. The van der Waals surface area contributed by atoms with Crippen molar-refractivity contribution in [2.75, 3.05) is 26.2 Å². The Morgan fingerprint density at radius 1 is 1.16 bits per heavy atom. The van der Waals surface area contributed by atoms with Crippen LogP contribution in [0.2, 0.25) is 0 Å². The number of aromatic nitrogens is 1. The van der Waals surface area contributed by atoms with Crippen LogP contribution in [0.4, 0.5) is 4.39 Å². The second kappa shape index (κ2) is 10.1. The number of amides is 1. The summed E-state index contributed by atoms with van der Waals surface area (Å²) in [5.74, 6) is -0.471. The molecule has 2 heterocycles. The van der Waals surface area contributed by atoms with Crippen molar-refractivity contribution < 1.29 is 9.18 Å². The van der Waals surface area contributed by atoms with Gasteiger partial charge in [0, 0.05) is 42.5 Å². The van der Waals surface area contributed by atoms with Gasteiger partial charge in [0.1, 0.15) is 5.82 Å². The third-order valence-corrected chi connectivity index (χ3v) is 6.43. The van der Waals surface area contributed by atoms with Crippen molar-refractivity contribution in [3.63, 3.8) is 0 Å². The number of piperidine rings is 1. The average Bonchev–Trinajstić information content (AvgIpc) is 3.22. The summed E-state index contributed by atoms with van der Waals surface area (Å²) in [6, 6.07) is 12.9. The summed E-state index contributed by atoms with van der Waals surface area (Å²) in [6.07, 6.45) is 7.01. The van der Waals surface area contributed by atoms with E-state index in [-0.39, 0.29) is 17.6 Å². The number of hydrogen-bond acceptors (Lipinski definition) is 2. The molecule has 5 heteroatoms. The lowest BCUT2D eigenvalue weighted by molar-refractivity contribution is -0.121. The number of rotatable bonds is 8. The first-order chi connectivity index (χ1) is 15.2. The highest BCUT2D eigenvalue weighted by molar-refractivity contribution is 5.88. The molecular formula is C26H32FN3O. The van der Waals surface area contributed by atoms with Crippen molar-refractivity contribution in [2.45, 2.75) is 44.9 Å². The average molecular weight is 422 g/mol. The van der Waals surface area contributed by atoms with E-state index in [1.54, 1.807) is 12.1 Å². The molecule has 1 amide bonds. The number of nitrogens with zero attached hydrogens (tertiary/aromatic N) is 1. The van der Waals surface area contributed by atoms with Gasteiger partial charge in [-0.25, -0.2) is 4.39 Å². The van der Waals surface area contributed by atoms with Gasteiger partial charge in [0.15, 0.2) is 0 Å². The van der Waals surface area contributed by atoms with Crippen molar-refractivity contribution in [3.8, 4) is 0 Å². The zero-order chi connectivity index (χ0) is 21.6. The lowest BCUT2D eigenvalue weighted by atomic mass is 9.87. The molecule has 0 saturated carbocycles. The second-order valence-corrected chi connectivity index (χ2v) is 8.50. The van der Waals surface area contributed by atoms with Crippen LogP contribution in [0.3, 0.4) is 0 Å². The molecule has 1 atom stereocenters. The lowest BCUT2D eigenvalue weighted by Crippen LogP contribution is -2.38. The number of para-hydroxylation sites is 1. The Bertz CT molecular complexity index is 1020. The van der Waals surface area contributed by atoms with Gasteiger partial charge in [0.05, 0.1) is 0 Å². The van der Waals surface area contributed by atoms with Gasteiger partial charge in [-0.15, -0.1) is 0 Å². The first-order valence-corrected chi connectivity index (χ1v) is 11.5. The van der Waals surface area contributed by atoms with Gasteiger partial charge in [0.2, 0.25) is 5.91 Å². The van der Waals surface area contributed by atoms with E-state index in [4.69, 9.17) is 0 Å². The van der Waals surface area contributed by atoms with E-state index in [9.17, 15) is 9.18 Å². The SMILES string of the molecule is CCc1cccc2c(C(CC(=O)NCCN3CCCCC3)c3cccc(F)c3)c[nH]c12. The number of carbonyl (C=O) groups excluding carboxylic acids is 1. The van der Waals surface area contributed by atoms with E-state index in [0.717, 1.165) is 48.1 Å². The summed E-state index contributed by atoms with van der Waals surface area (Å²) in [5, 5.41) is 4.20. The molecular weight excluding hydrogens is 389 g/mol. The Balaban J connectivity index is 1.53. The first-order valence-electron chi connectivity index (χ1n) is 11.5. The van der Waals surface area contributed by atoms with Gasteiger partial charge in [-0.2, -0.15) is 0 Å². The van der Waals surface area contributed by atoms with E-state index >= 15 is 0 Å². The van der Waals surface area contributed by atoms with Crippen LogP contribution in [0.25, 0.3) is 10.9 Å². The van der Waals surface area contributed by atoms with Crippen molar-refractivity contribution in [1.29, 1.82) is 0 Å². The Kier molecular flexibility index (Phi) is 7.03. The van der Waals surface area contributed by atoms with E-state index < -0.39 is 0 Å². The Morgan fingerprint density at radius 2 is 1.97 bits per heavy atom. The zero-order valence-electron chi connectivity index (χ0n) is 18.3. The quantitative estimate of drug-likeness (QED) is 0.538. The maximum Gasteiger partial charge on any atom is 0.220 e. The number of benzene rings is 2. The fourth-order valence-electron chi connectivity index (χ4n) is 4.75. The number of H-pyrrole nitrogens is 1. The fourth-order valence-corrected chi connectivity index (χ4v) is 4.75. The number of halogens is 1. The number of hydrogen-bond donors (Lipinski definition) is 2. The highest BCUT2D eigenvalue weighted by Crippen LogP contribution is 2.34. The van der Waals surface area contributed by atoms with Crippen molar-refractivity contribution in [3.05, 3.63) is 71.2 Å². The topological polar surface area (TPSA) is 48.1 Å². The van der Waals surface area contributed by atoms with Crippen LogP contribution < -0.4 is 5.32 Å². The van der Waals surface area contributed by atoms with Gasteiger partial charge in [0.25, 0.3) is 0 Å². The molecule has 4 nitrogen and oxygen atoms in total. The van der Waals surface area contributed by atoms with Crippen LogP contribution in [0.15, 0.2) is 48.7 Å². The molecule has 1 saturated heterocycles. The van der Waals surface area contributed by atoms with E-state index in [2.05, 4.69) is 40.3 Å². The molecule has 31 heavy (non-hydrogen) atoms. The molecule has 1 aromatic heterocycles. The lowest BCUT2D eigenvalue weighted by Gasteiger charge is -2.26. The molecule has 2 aromatic carbocycles. The molecule has 0 aliphatic carbocycles. The minimum absolute atomic E-state index is 0.00673. The third-order valence-electron chi connectivity index (χ3n) is 6.43. The van der Waals surface area contributed by atoms with Gasteiger partial charge >= 0.3 is 0 Å². The van der Waals surface area contributed by atoms with Crippen LogP contribution in [0.1, 0.15) is 55.2 Å². The summed E-state index contributed by atoms with van der Waals surface area (Å²) in [4.78, 5) is 18.7. The molecule has 1 aliphatic rings. The maximum atomic E-state index is 14.0. The summed E-state index contributed by atoms with van der Waals surface area (Å²) in [5.41, 5.74) is 4.22. The van der Waals surface area contributed by atoms with Crippen molar-refractivity contribution in [1.82, 2.24) is 15.2 Å². The number of aromatic amines is 1. The minimum atomic E-state index is -0.276. The Morgan fingerprint density at radius 3 is 2.74 bits per heavy atom. The van der Waals surface area contributed by atoms with Crippen molar-refractivity contribution in [2.24, 2.45) is 0 Å².